The van der Waals surface area contributed by atoms with Crippen LogP contribution in [0.15, 0.2) is 6.07 Å². The number of rotatable bonds is 5. The summed E-state index contributed by atoms with van der Waals surface area (Å²) in [6.45, 7) is 3.51. The molecular formula is C11H16F3N3O. The minimum Gasteiger partial charge on any atom is -0.391 e. The molecule has 1 heterocycles. The number of alkyl halides is 3. The molecule has 102 valence electrons. The van der Waals surface area contributed by atoms with E-state index in [-0.39, 0.29) is 18.2 Å². The summed E-state index contributed by atoms with van der Waals surface area (Å²) in [6, 6.07) is 0.883. The molecule has 0 radical (unpaired) electrons. The molecule has 2 N–H and O–H groups in total. The number of aryl methyl sites for hydroxylation is 1. The van der Waals surface area contributed by atoms with Crippen LogP contribution in [-0.4, -0.2) is 27.7 Å². The molecule has 1 atom stereocenters. The van der Waals surface area contributed by atoms with E-state index in [1.807, 2.05) is 6.92 Å². The van der Waals surface area contributed by atoms with E-state index < -0.39 is 18.0 Å². The van der Waals surface area contributed by atoms with Gasteiger partial charge >= 0.3 is 6.18 Å². The molecule has 0 saturated carbocycles. The highest BCUT2D eigenvalue weighted by Gasteiger charge is 2.33. The first-order valence-electron chi connectivity index (χ1n) is 5.67. The van der Waals surface area contributed by atoms with Crippen LogP contribution in [0.5, 0.6) is 0 Å². The second-order valence-electron chi connectivity index (χ2n) is 4.04. The zero-order chi connectivity index (χ0) is 13.8. The van der Waals surface area contributed by atoms with Crippen LogP contribution in [0.2, 0.25) is 0 Å². The first-order chi connectivity index (χ1) is 8.32. The van der Waals surface area contributed by atoms with Crippen molar-refractivity contribution >= 4 is 5.95 Å². The fourth-order valence-corrected chi connectivity index (χ4v) is 1.44. The lowest BCUT2D eigenvalue weighted by Gasteiger charge is -2.12. The smallest absolute Gasteiger partial charge is 0.391 e. The molecule has 0 saturated heterocycles. The molecular weight excluding hydrogens is 247 g/mol. The van der Waals surface area contributed by atoms with Crippen molar-refractivity contribution in [2.75, 3.05) is 11.9 Å². The van der Waals surface area contributed by atoms with Crippen LogP contribution in [0.4, 0.5) is 19.1 Å². The van der Waals surface area contributed by atoms with Gasteiger partial charge in [0, 0.05) is 12.2 Å². The Balaban J connectivity index is 2.75. The van der Waals surface area contributed by atoms with Crippen molar-refractivity contribution < 1.29 is 18.3 Å². The Labute approximate surface area is 103 Å². The Morgan fingerprint density at radius 1 is 1.39 bits per heavy atom. The van der Waals surface area contributed by atoms with E-state index in [2.05, 4.69) is 15.3 Å². The van der Waals surface area contributed by atoms with E-state index in [0.717, 1.165) is 12.5 Å². The third-order valence-corrected chi connectivity index (χ3v) is 2.26. The number of aromatic nitrogens is 2. The van der Waals surface area contributed by atoms with Gasteiger partial charge in [-0.1, -0.05) is 13.3 Å². The molecule has 1 aromatic heterocycles. The maximum atomic E-state index is 12.5. The van der Waals surface area contributed by atoms with Gasteiger partial charge in [0.25, 0.3) is 0 Å². The monoisotopic (exact) mass is 263 g/mol. The van der Waals surface area contributed by atoms with E-state index in [9.17, 15) is 18.3 Å². The number of aliphatic hydroxyl groups excluding tert-OH is 1. The molecule has 0 spiro atoms. The largest absolute Gasteiger partial charge is 0.433 e. The Kier molecular flexibility index (Phi) is 4.89. The van der Waals surface area contributed by atoms with Crippen LogP contribution in [0.1, 0.15) is 31.2 Å². The van der Waals surface area contributed by atoms with Crippen molar-refractivity contribution in [3.05, 3.63) is 17.5 Å². The van der Waals surface area contributed by atoms with Gasteiger partial charge in [0.1, 0.15) is 5.69 Å². The number of hydrogen-bond donors (Lipinski definition) is 2. The van der Waals surface area contributed by atoms with Gasteiger partial charge in [0.05, 0.1) is 6.10 Å². The fraction of sp³-hybridized carbons (Fsp3) is 0.636. The minimum atomic E-state index is -4.49. The first-order valence-corrected chi connectivity index (χ1v) is 5.67. The average Bonchev–Trinajstić information content (AvgIpc) is 2.25. The summed E-state index contributed by atoms with van der Waals surface area (Å²) < 4.78 is 37.5. The number of nitrogens with one attached hydrogen (secondary N) is 1. The van der Waals surface area contributed by atoms with Gasteiger partial charge in [-0.15, -0.1) is 0 Å². The van der Waals surface area contributed by atoms with Gasteiger partial charge in [-0.05, 0) is 19.4 Å². The minimum absolute atomic E-state index is 0.113. The second kappa shape index (κ2) is 5.99. The van der Waals surface area contributed by atoms with E-state index in [4.69, 9.17) is 0 Å². The fourth-order valence-electron chi connectivity index (χ4n) is 1.44. The van der Waals surface area contributed by atoms with Crippen molar-refractivity contribution in [3.63, 3.8) is 0 Å². The lowest BCUT2D eigenvalue weighted by atomic mass is 10.2. The highest BCUT2D eigenvalue weighted by atomic mass is 19.4. The van der Waals surface area contributed by atoms with Crippen LogP contribution >= 0.6 is 0 Å². The highest BCUT2D eigenvalue weighted by Crippen LogP contribution is 2.28. The zero-order valence-electron chi connectivity index (χ0n) is 10.3. The highest BCUT2D eigenvalue weighted by molar-refractivity contribution is 5.29. The molecule has 0 unspecified atom stereocenters. The van der Waals surface area contributed by atoms with Crippen LogP contribution in [0.25, 0.3) is 0 Å². The van der Waals surface area contributed by atoms with Gasteiger partial charge in [-0.25, -0.2) is 9.97 Å². The molecule has 0 aliphatic rings. The summed E-state index contributed by atoms with van der Waals surface area (Å²) in [6.07, 6.45) is -3.74. The van der Waals surface area contributed by atoms with E-state index in [1.54, 1.807) is 0 Å². The van der Waals surface area contributed by atoms with Crippen molar-refractivity contribution in [2.45, 2.75) is 39.0 Å². The average molecular weight is 263 g/mol. The van der Waals surface area contributed by atoms with Crippen molar-refractivity contribution in [2.24, 2.45) is 0 Å². The second-order valence-corrected chi connectivity index (χ2v) is 4.04. The SMILES string of the molecule is CCC[C@H](O)CNc1nc(C)cc(C(F)(F)F)n1. The Hall–Kier alpha value is -1.37. The summed E-state index contributed by atoms with van der Waals surface area (Å²) in [5.41, 5.74) is -0.757. The van der Waals surface area contributed by atoms with E-state index in [1.165, 1.54) is 6.92 Å². The third-order valence-electron chi connectivity index (χ3n) is 2.26. The quantitative estimate of drug-likeness (QED) is 0.856. The van der Waals surface area contributed by atoms with Crippen molar-refractivity contribution in [1.29, 1.82) is 0 Å². The Bertz CT molecular complexity index is 396. The van der Waals surface area contributed by atoms with Crippen molar-refractivity contribution in [3.8, 4) is 0 Å². The van der Waals surface area contributed by atoms with E-state index in [0.29, 0.717) is 6.42 Å². The third kappa shape index (κ3) is 4.48. The van der Waals surface area contributed by atoms with Crippen LogP contribution in [-0.2, 0) is 6.18 Å². The molecule has 1 aromatic rings. The van der Waals surface area contributed by atoms with E-state index >= 15 is 0 Å². The zero-order valence-corrected chi connectivity index (χ0v) is 10.3. The van der Waals surface area contributed by atoms with Gasteiger partial charge in [-0.3, -0.25) is 0 Å². The maximum Gasteiger partial charge on any atom is 0.433 e. The van der Waals surface area contributed by atoms with Crippen molar-refractivity contribution in [1.82, 2.24) is 9.97 Å². The van der Waals surface area contributed by atoms with Crippen LogP contribution < -0.4 is 5.32 Å². The summed E-state index contributed by atoms with van der Waals surface area (Å²) in [5, 5.41) is 12.1. The molecule has 4 nitrogen and oxygen atoms in total. The van der Waals surface area contributed by atoms with Crippen LogP contribution in [0.3, 0.4) is 0 Å². The molecule has 0 aliphatic carbocycles. The lowest BCUT2D eigenvalue weighted by Crippen LogP contribution is -2.21. The standard InChI is InChI=1S/C11H16F3N3O/c1-3-4-8(18)6-15-10-16-7(2)5-9(17-10)11(12,13)14/h5,8,18H,3-4,6H2,1-2H3,(H,15,16,17)/t8-/m0/s1. The molecule has 0 amide bonds. The summed E-state index contributed by atoms with van der Waals surface area (Å²) >= 11 is 0. The molecule has 18 heavy (non-hydrogen) atoms. The lowest BCUT2D eigenvalue weighted by molar-refractivity contribution is -0.141. The number of halogens is 3. The van der Waals surface area contributed by atoms with Gasteiger partial charge in [0.15, 0.2) is 0 Å². The Morgan fingerprint density at radius 3 is 2.61 bits per heavy atom. The predicted molar refractivity (Wildman–Crippen MR) is 61.2 cm³/mol. The topological polar surface area (TPSA) is 58.0 Å². The number of aliphatic hydroxyl groups is 1. The first kappa shape index (κ1) is 14.7. The van der Waals surface area contributed by atoms with Gasteiger partial charge in [0.2, 0.25) is 5.95 Å². The summed E-state index contributed by atoms with van der Waals surface area (Å²) in [5.74, 6) is -0.113. The van der Waals surface area contributed by atoms with Crippen LogP contribution in [0, 0.1) is 6.92 Å². The molecule has 0 fully saturated rings. The molecule has 1 rings (SSSR count). The van der Waals surface area contributed by atoms with Gasteiger partial charge < -0.3 is 10.4 Å². The number of nitrogens with zero attached hydrogens (tertiary/aromatic N) is 2. The summed E-state index contributed by atoms with van der Waals surface area (Å²) in [7, 11) is 0. The molecule has 0 bridgehead atoms. The molecule has 7 heteroatoms. The maximum absolute atomic E-state index is 12.5. The molecule has 0 aliphatic heterocycles. The number of hydrogen-bond acceptors (Lipinski definition) is 4. The normalized spacial score (nSPS) is 13.4. The van der Waals surface area contributed by atoms with Gasteiger partial charge in [-0.2, -0.15) is 13.2 Å². The predicted octanol–water partition coefficient (Wildman–Crippen LogP) is 2.38. The Morgan fingerprint density at radius 2 is 2.06 bits per heavy atom. The molecule has 0 aromatic carbocycles. The summed E-state index contributed by atoms with van der Waals surface area (Å²) in [4.78, 5) is 7.22. The number of anilines is 1.